The van der Waals surface area contributed by atoms with Gasteiger partial charge in [-0.05, 0) is 18.2 Å². The summed E-state index contributed by atoms with van der Waals surface area (Å²) in [6.07, 6.45) is 3.00. The number of carbonyl (C=O) groups is 1. The number of aromatic nitrogens is 3. The summed E-state index contributed by atoms with van der Waals surface area (Å²) in [5.74, 6) is -0.381. The van der Waals surface area contributed by atoms with Crippen molar-refractivity contribution in [2.45, 2.75) is 13.5 Å². The maximum Gasteiger partial charge on any atom is 0.229 e. The molecule has 0 aliphatic rings. The standard InChI is InChI=1S/C12H12Cl2N4O/c1-8(5-18-7-15-6-16-18)12(19)17-11-3-9(13)2-10(14)4-11/h2-4,6-8H,5H2,1H3,(H,17,19). The summed E-state index contributed by atoms with van der Waals surface area (Å²) in [7, 11) is 0. The molecule has 1 N–H and O–H groups in total. The number of nitrogens with one attached hydrogen (secondary N) is 1. The number of halogens is 2. The second kappa shape index (κ2) is 6.04. The third-order valence-electron chi connectivity index (χ3n) is 2.51. The third-order valence-corrected chi connectivity index (χ3v) is 2.94. The molecular weight excluding hydrogens is 287 g/mol. The molecule has 0 aliphatic heterocycles. The lowest BCUT2D eigenvalue weighted by Gasteiger charge is -2.12. The van der Waals surface area contributed by atoms with Gasteiger partial charge in [0, 0.05) is 15.7 Å². The average molecular weight is 299 g/mol. The largest absolute Gasteiger partial charge is 0.326 e. The second-order valence-electron chi connectivity index (χ2n) is 4.17. The van der Waals surface area contributed by atoms with Crippen molar-refractivity contribution < 1.29 is 4.79 Å². The van der Waals surface area contributed by atoms with Crippen molar-refractivity contribution in [3.63, 3.8) is 0 Å². The van der Waals surface area contributed by atoms with Crippen LogP contribution in [0, 0.1) is 5.92 Å². The van der Waals surface area contributed by atoms with E-state index in [1.165, 1.54) is 6.33 Å². The topological polar surface area (TPSA) is 59.8 Å². The van der Waals surface area contributed by atoms with Crippen LogP contribution in [0.25, 0.3) is 0 Å². The van der Waals surface area contributed by atoms with Gasteiger partial charge < -0.3 is 5.32 Å². The van der Waals surface area contributed by atoms with Gasteiger partial charge in [0.2, 0.25) is 5.91 Å². The smallest absolute Gasteiger partial charge is 0.229 e. The number of rotatable bonds is 4. The van der Waals surface area contributed by atoms with Crippen LogP contribution in [-0.4, -0.2) is 20.7 Å². The van der Waals surface area contributed by atoms with Gasteiger partial charge in [0.15, 0.2) is 0 Å². The monoisotopic (exact) mass is 298 g/mol. The van der Waals surface area contributed by atoms with E-state index in [0.717, 1.165) is 0 Å². The summed E-state index contributed by atoms with van der Waals surface area (Å²) in [5, 5.41) is 7.68. The molecule has 0 bridgehead atoms. The number of hydrogen-bond acceptors (Lipinski definition) is 3. The minimum atomic E-state index is -0.251. The highest BCUT2D eigenvalue weighted by Crippen LogP contribution is 2.22. The lowest BCUT2D eigenvalue weighted by molar-refractivity contribution is -0.119. The van der Waals surface area contributed by atoms with Crippen LogP contribution in [0.5, 0.6) is 0 Å². The van der Waals surface area contributed by atoms with Crippen molar-refractivity contribution in [2.24, 2.45) is 5.92 Å². The van der Waals surface area contributed by atoms with Gasteiger partial charge >= 0.3 is 0 Å². The lowest BCUT2D eigenvalue weighted by atomic mass is 10.1. The Balaban J connectivity index is 2.00. The van der Waals surface area contributed by atoms with Gasteiger partial charge in [-0.15, -0.1) is 0 Å². The highest BCUT2D eigenvalue weighted by atomic mass is 35.5. The van der Waals surface area contributed by atoms with Crippen molar-refractivity contribution in [2.75, 3.05) is 5.32 Å². The van der Waals surface area contributed by atoms with Gasteiger partial charge in [-0.1, -0.05) is 30.1 Å². The predicted molar refractivity (Wildman–Crippen MR) is 74.3 cm³/mol. The van der Waals surface area contributed by atoms with E-state index in [2.05, 4.69) is 15.4 Å². The van der Waals surface area contributed by atoms with E-state index in [0.29, 0.717) is 22.3 Å². The molecule has 19 heavy (non-hydrogen) atoms. The maximum atomic E-state index is 12.0. The Kier molecular flexibility index (Phi) is 4.39. The molecule has 1 atom stereocenters. The van der Waals surface area contributed by atoms with E-state index in [1.54, 1.807) is 29.2 Å². The molecule has 1 aromatic carbocycles. The number of hydrogen-bond donors (Lipinski definition) is 1. The molecule has 0 saturated carbocycles. The molecule has 0 fully saturated rings. The molecule has 100 valence electrons. The molecule has 7 heteroatoms. The van der Waals surface area contributed by atoms with Crippen LogP contribution in [-0.2, 0) is 11.3 Å². The van der Waals surface area contributed by atoms with Gasteiger partial charge in [0.1, 0.15) is 12.7 Å². The van der Waals surface area contributed by atoms with Crippen LogP contribution in [0.2, 0.25) is 10.0 Å². The molecule has 0 saturated heterocycles. The Morgan fingerprint density at radius 3 is 2.63 bits per heavy atom. The summed E-state index contributed by atoms with van der Waals surface area (Å²) in [5.41, 5.74) is 0.577. The highest BCUT2D eigenvalue weighted by molar-refractivity contribution is 6.35. The van der Waals surface area contributed by atoms with E-state index < -0.39 is 0 Å². The second-order valence-corrected chi connectivity index (χ2v) is 5.04. The first-order valence-electron chi connectivity index (χ1n) is 5.64. The molecule has 1 unspecified atom stereocenters. The fourth-order valence-corrected chi connectivity index (χ4v) is 2.11. The van der Waals surface area contributed by atoms with Crippen LogP contribution in [0.15, 0.2) is 30.9 Å². The molecule has 1 heterocycles. The molecule has 5 nitrogen and oxygen atoms in total. The van der Waals surface area contributed by atoms with Crippen molar-refractivity contribution in [3.05, 3.63) is 40.9 Å². The number of benzene rings is 1. The van der Waals surface area contributed by atoms with Crippen LogP contribution in [0.4, 0.5) is 5.69 Å². The summed E-state index contributed by atoms with van der Waals surface area (Å²) in [6, 6.07) is 4.90. The number of nitrogens with zero attached hydrogens (tertiary/aromatic N) is 3. The maximum absolute atomic E-state index is 12.0. The molecule has 1 aromatic heterocycles. The van der Waals surface area contributed by atoms with E-state index in [4.69, 9.17) is 23.2 Å². The van der Waals surface area contributed by atoms with E-state index in [-0.39, 0.29) is 11.8 Å². The zero-order valence-corrected chi connectivity index (χ0v) is 11.7. The Hall–Kier alpha value is -1.59. The van der Waals surface area contributed by atoms with Gasteiger partial charge in [0.05, 0.1) is 12.5 Å². The van der Waals surface area contributed by atoms with Crippen LogP contribution in [0.3, 0.4) is 0 Å². The first-order valence-corrected chi connectivity index (χ1v) is 6.39. The molecular formula is C12H12Cl2N4O. The van der Waals surface area contributed by atoms with Crippen LogP contribution in [0.1, 0.15) is 6.92 Å². The SMILES string of the molecule is CC(Cn1cncn1)C(=O)Nc1cc(Cl)cc(Cl)c1. The minimum Gasteiger partial charge on any atom is -0.326 e. The summed E-state index contributed by atoms with van der Waals surface area (Å²) in [4.78, 5) is 15.8. The lowest BCUT2D eigenvalue weighted by Crippen LogP contribution is -2.24. The van der Waals surface area contributed by atoms with E-state index in [9.17, 15) is 4.79 Å². The van der Waals surface area contributed by atoms with Gasteiger partial charge in [0.25, 0.3) is 0 Å². The zero-order valence-electron chi connectivity index (χ0n) is 10.2. The quantitative estimate of drug-likeness (QED) is 0.944. The van der Waals surface area contributed by atoms with Gasteiger partial charge in [-0.3, -0.25) is 9.48 Å². The molecule has 0 spiro atoms. The van der Waals surface area contributed by atoms with Crippen molar-refractivity contribution in [1.29, 1.82) is 0 Å². The summed E-state index contributed by atoms with van der Waals surface area (Å²) >= 11 is 11.7. The first kappa shape index (κ1) is 13.8. The third kappa shape index (κ3) is 3.94. The summed E-state index contributed by atoms with van der Waals surface area (Å²) in [6.45, 7) is 2.27. The van der Waals surface area contributed by atoms with Crippen LogP contribution < -0.4 is 5.32 Å². The number of carbonyl (C=O) groups excluding carboxylic acids is 1. The van der Waals surface area contributed by atoms with Crippen LogP contribution >= 0.6 is 23.2 Å². The van der Waals surface area contributed by atoms with Gasteiger partial charge in [-0.2, -0.15) is 5.10 Å². The molecule has 1 amide bonds. The molecule has 2 rings (SSSR count). The molecule has 2 aromatic rings. The molecule has 0 aliphatic carbocycles. The fraction of sp³-hybridized carbons (Fsp3) is 0.250. The van der Waals surface area contributed by atoms with Crippen molar-refractivity contribution in [1.82, 2.24) is 14.8 Å². The fourth-order valence-electron chi connectivity index (χ4n) is 1.58. The normalized spacial score (nSPS) is 12.2. The first-order chi connectivity index (χ1) is 9.04. The van der Waals surface area contributed by atoms with Gasteiger partial charge in [-0.25, -0.2) is 4.98 Å². The Morgan fingerprint density at radius 1 is 1.37 bits per heavy atom. The number of anilines is 1. The molecule has 0 radical (unpaired) electrons. The average Bonchev–Trinajstić information content (AvgIpc) is 2.80. The van der Waals surface area contributed by atoms with Crippen molar-refractivity contribution in [3.8, 4) is 0 Å². The van der Waals surface area contributed by atoms with E-state index >= 15 is 0 Å². The predicted octanol–water partition coefficient (Wildman–Crippen LogP) is 2.86. The Labute approximate surface area is 120 Å². The minimum absolute atomic E-state index is 0.131. The Bertz CT molecular complexity index is 551. The summed E-state index contributed by atoms with van der Waals surface area (Å²) < 4.78 is 1.61. The number of amides is 1. The van der Waals surface area contributed by atoms with E-state index in [1.807, 2.05) is 6.92 Å². The Morgan fingerprint density at radius 2 is 2.05 bits per heavy atom. The zero-order chi connectivity index (χ0) is 13.8. The van der Waals surface area contributed by atoms with Crippen molar-refractivity contribution >= 4 is 34.8 Å². The highest BCUT2D eigenvalue weighted by Gasteiger charge is 2.14.